The molecule has 2 rings (SSSR count). The van der Waals surface area contributed by atoms with E-state index in [1.165, 1.54) is 11.3 Å². The first kappa shape index (κ1) is 11.3. The molecule has 0 bridgehead atoms. The van der Waals surface area contributed by atoms with Crippen LogP contribution in [0.4, 0.5) is 0 Å². The molecule has 4 nitrogen and oxygen atoms in total. The number of thiazole rings is 1. The summed E-state index contributed by atoms with van der Waals surface area (Å²) in [7, 11) is 0. The second kappa shape index (κ2) is 4.76. The molecule has 0 N–H and O–H groups in total. The van der Waals surface area contributed by atoms with Gasteiger partial charge in [-0.1, -0.05) is 0 Å². The van der Waals surface area contributed by atoms with Crippen LogP contribution in [0.1, 0.15) is 16.3 Å². The van der Waals surface area contributed by atoms with E-state index in [1.54, 1.807) is 17.0 Å². The van der Waals surface area contributed by atoms with Crippen molar-refractivity contribution in [1.29, 1.82) is 0 Å². The first-order valence-electron chi connectivity index (χ1n) is 4.71. The van der Waals surface area contributed by atoms with Crippen molar-refractivity contribution < 1.29 is 0 Å². The molecule has 0 unspecified atom stereocenters. The number of hydrogen-bond donors (Lipinski definition) is 0. The van der Waals surface area contributed by atoms with Crippen LogP contribution < -0.4 is 5.69 Å². The Hall–Kier alpha value is -1.20. The summed E-state index contributed by atoms with van der Waals surface area (Å²) in [6.07, 6.45) is 3.34. The Morgan fingerprint density at radius 1 is 1.56 bits per heavy atom. The van der Waals surface area contributed by atoms with Crippen molar-refractivity contribution in [2.75, 3.05) is 0 Å². The van der Waals surface area contributed by atoms with Crippen LogP contribution in [0.5, 0.6) is 0 Å². The van der Waals surface area contributed by atoms with Gasteiger partial charge in [-0.2, -0.15) is 0 Å². The van der Waals surface area contributed by atoms with E-state index >= 15 is 0 Å². The van der Waals surface area contributed by atoms with E-state index in [0.717, 1.165) is 16.3 Å². The SMILES string of the molecule is Cc1cnc(=O)n(Cc2nc(CCl)cs2)c1. The minimum absolute atomic E-state index is 0.256. The highest BCUT2D eigenvalue weighted by Gasteiger charge is 2.04. The van der Waals surface area contributed by atoms with Crippen LogP contribution in [0.3, 0.4) is 0 Å². The molecule has 2 heterocycles. The minimum Gasteiger partial charge on any atom is -0.292 e. The zero-order valence-corrected chi connectivity index (χ0v) is 10.3. The van der Waals surface area contributed by atoms with Crippen molar-refractivity contribution >= 4 is 22.9 Å². The van der Waals surface area contributed by atoms with Gasteiger partial charge in [0.2, 0.25) is 0 Å². The molecule has 6 heteroatoms. The topological polar surface area (TPSA) is 47.8 Å². The monoisotopic (exact) mass is 255 g/mol. The Balaban J connectivity index is 2.26. The Kier molecular flexibility index (Phi) is 3.36. The lowest BCUT2D eigenvalue weighted by Gasteiger charge is -2.02. The summed E-state index contributed by atoms with van der Waals surface area (Å²) < 4.78 is 1.55. The van der Waals surface area contributed by atoms with Crippen LogP contribution in [0.15, 0.2) is 22.6 Å². The molecular weight excluding hydrogens is 246 g/mol. The van der Waals surface area contributed by atoms with Crippen LogP contribution in [-0.4, -0.2) is 14.5 Å². The summed E-state index contributed by atoms with van der Waals surface area (Å²) in [5.41, 5.74) is 1.54. The second-order valence-corrected chi connectivity index (χ2v) is 4.62. The molecule has 0 atom stereocenters. The Bertz CT molecular complexity index is 549. The molecule has 0 aliphatic carbocycles. The van der Waals surface area contributed by atoms with Crippen molar-refractivity contribution in [1.82, 2.24) is 14.5 Å². The number of alkyl halides is 1. The number of aryl methyl sites for hydroxylation is 1. The fourth-order valence-corrected chi connectivity index (χ4v) is 2.33. The molecule has 0 aliphatic rings. The molecule has 0 radical (unpaired) electrons. The fraction of sp³-hybridized carbons (Fsp3) is 0.300. The van der Waals surface area contributed by atoms with Gasteiger partial charge in [0.25, 0.3) is 0 Å². The van der Waals surface area contributed by atoms with Crippen molar-refractivity contribution in [2.24, 2.45) is 0 Å². The third-order valence-electron chi connectivity index (χ3n) is 2.03. The quantitative estimate of drug-likeness (QED) is 0.786. The number of halogens is 1. The van der Waals surface area contributed by atoms with Gasteiger partial charge >= 0.3 is 5.69 Å². The standard InChI is InChI=1S/C10H10ClN3OS/c1-7-3-12-10(15)14(4-7)5-9-13-8(2-11)6-16-9/h3-4,6H,2,5H2,1H3. The maximum atomic E-state index is 11.5. The van der Waals surface area contributed by atoms with Gasteiger partial charge < -0.3 is 0 Å². The largest absolute Gasteiger partial charge is 0.347 e. The van der Waals surface area contributed by atoms with Crippen LogP contribution in [0, 0.1) is 6.92 Å². The summed E-state index contributed by atoms with van der Waals surface area (Å²) in [6.45, 7) is 2.35. The van der Waals surface area contributed by atoms with Crippen LogP contribution in [0.25, 0.3) is 0 Å². The molecule has 0 saturated carbocycles. The lowest BCUT2D eigenvalue weighted by Crippen LogP contribution is -2.22. The maximum absolute atomic E-state index is 11.5. The van der Waals surface area contributed by atoms with Gasteiger partial charge in [0, 0.05) is 17.8 Å². The van der Waals surface area contributed by atoms with E-state index in [4.69, 9.17) is 11.6 Å². The molecule has 0 fully saturated rings. The van der Waals surface area contributed by atoms with Crippen molar-refractivity contribution in [3.8, 4) is 0 Å². The van der Waals surface area contributed by atoms with Gasteiger partial charge in [0.1, 0.15) is 5.01 Å². The summed E-state index contributed by atoms with van der Waals surface area (Å²) in [4.78, 5) is 19.5. The molecular formula is C10H10ClN3OS. The third kappa shape index (κ3) is 2.48. The summed E-state index contributed by atoms with van der Waals surface area (Å²) in [5.74, 6) is 0.400. The Labute approximate surface area is 102 Å². The minimum atomic E-state index is -0.256. The zero-order chi connectivity index (χ0) is 11.5. The van der Waals surface area contributed by atoms with E-state index in [9.17, 15) is 4.79 Å². The summed E-state index contributed by atoms with van der Waals surface area (Å²) >= 11 is 7.16. The number of aromatic nitrogens is 3. The Morgan fingerprint density at radius 2 is 2.38 bits per heavy atom. The van der Waals surface area contributed by atoms with Gasteiger partial charge in [-0.15, -0.1) is 22.9 Å². The van der Waals surface area contributed by atoms with E-state index < -0.39 is 0 Å². The molecule has 0 aromatic carbocycles. The number of rotatable bonds is 3. The lowest BCUT2D eigenvalue weighted by molar-refractivity contribution is 0.715. The molecule has 0 saturated heterocycles. The van der Waals surface area contributed by atoms with Gasteiger partial charge in [-0.25, -0.2) is 14.8 Å². The first-order valence-corrected chi connectivity index (χ1v) is 6.13. The number of hydrogen-bond acceptors (Lipinski definition) is 4. The van der Waals surface area contributed by atoms with E-state index in [2.05, 4.69) is 9.97 Å². The van der Waals surface area contributed by atoms with Crippen molar-refractivity contribution in [2.45, 2.75) is 19.3 Å². The molecule has 0 spiro atoms. The van der Waals surface area contributed by atoms with Crippen LogP contribution in [0.2, 0.25) is 0 Å². The zero-order valence-electron chi connectivity index (χ0n) is 8.68. The molecule has 2 aromatic heterocycles. The highest BCUT2D eigenvalue weighted by Crippen LogP contribution is 2.12. The van der Waals surface area contributed by atoms with Crippen molar-refractivity contribution in [3.05, 3.63) is 44.5 Å². The molecule has 0 amide bonds. The van der Waals surface area contributed by atoms with Crippen molar-refractivity contribution in [3.63, 3.8) is 0 Å². The predicted octanol–water partition coefficient (Wildman–Crippen LogP) is 1.80. The molecule has 84 valence electrons. The van der Waals surface area contributed by atoms with E-state index in [-0.39, 0.29) is 5.69 Å². The summed E-state index contributed by atoms with van der Waals surface area (Å²) in [6, 6.07) is 0. The van der Waals surface area contributed by atoms with E-state index in [1.807, 2.05) is 12.3 Å². The lowest BCUT2D eigenvalue weighted by atomic mass is 10.4. The van der Waals surface area contributed by atoms with Gasteiger partial charge in [0.05, 0.1) is 18.1 Å². The molecule has 16 heavy (non-hydrogen) atoms. The van der Waals surface area contributed by atoms with E-state index in [0.29, 0.717) is 12.4 Å². The average molecular weight is 256 g/mol. The van der Waals surface area contributed by atoms with Gasteiger partial charge in [-0.3, -0.25) is 4.57 Å². The average Bonchev–Trinajstić information content (AvgIpc) is 2.71. The molecule has 0 aliphatic heterocycles. The summed E-state index contributed by atoms with van der Waals surface area (Å²) in [5, 5.41) is 2.77. The van der Waals surface area contributed by atoms with Gasteiger partial charge in [0.15, 0.2) is 0 Å². The smallest absolute Gasteiger partial charge is 0.292 e. The highest BCUT2D eigenvalue weighted by atomic mass is 35.5. The first-order chi connectivity index (χ1) is 7.69. The highest BCUT2D eigenvalue weighted by molar-refractivity contribution is 7.09. The van der Waals surface area contributed by atoms with Crippen LogP contribution in [-0.2, 0) is 12.4 Å². The maximum Gasteiger partial charge on any atom is 0.347 e. The fourth-order valence-electron chi connectivity index (χ4n) is 1.31. The Morgan fingerprint density at radius 3 is 3.06 bits per heavy atom. The van der Waals surface area contributed by atoms with Crippen LogP contribution >= 0.6 is 22.9 Å². The molecule has 2 aromatic rings. The normalized spacial score (nSPS) is 10.6. The van der Waals surface area contributed by atoms with Gasteiger partial charge in [-0.05, 0) is 12.5 Å². The third-order valence-corrected chi connectivity index (χ3v) is 3.18. The predicted molar refractivity (Wildman–Crippen MR) is 64.0 cm³/mol. The number of nitrogens with zero attached hydrogens (tertiary/aromatic N) is 3. The second-order valence-electron chi connectivity index (χ2n) is 3.41.